The minimum Gasteiger partial charge on any atom is -0.477 e. The summed E-state index contributed by atoms with van der Waals surface area (Å²) in [5, 5.41) is 12.0. The molecule has 0 atom stereocenters. The Morgan fingerprint density at radius 1 is 1.05 bits per heavy atom. The molecule has 1 amide bonds. The highest BCUT2D eigenvalue weighted by Gasteiger charge is 2.15. The molecule has 0 spiro atoms. The van der Waals surface area contributed by atoms with E-state index < -0.39 is 11.9 Å². The van der Waals surface area contributed by atoms with Crippen molar-refractivity contribution in [3.8, 4) is 0 Å². The second kappa shape index (κ2) is 6.30. The highest BCUT2D eigenvalue weighted by molar-refractivity contribution is 6.42. The Morgan fingerprint density at radius 3 is 2.19 bits per heavy atom. The third kappa shape index (κ3) is 3.64. The lowest BCUT2D eigenvalue weighted by Gasteiger charge is -2.09. The molecule has 0 aliphatic rings. The van der Waals surface area contributed by atoms with Crippen LogP contribution >= 0.6 is 34.8 Å². The molecule has 2 aromatic rings. The highest BCUT2D eigenvalue weighted by atomic mass is 35.5. The van der Waals surface area contributed by atoms with Gasteiger partial charge in [0, 0.05) is 5.02 Å². The van der Waals surface area contributed by atoms with Gasteiger partial charge in [-0.05, 0) is 24.3 Å². The second-order valence-corrected chi connectivity index (χ2v) is 5.16. The minimum absolute atomic E-state index is 0.0722. The zero-order chi connectivity index (χ0) is 15.6. The minimum atomic E-state index is -1.23. The number of nitrogens with one attached hydrogen (secondary N) is 1. The lowest BCUT2D eigenvalue weighted by Crippen LogP contribution is -2.16. The van der Waals surface area contributed by atoms with Crippen molar-refractivity contribution in [1.29, 1.82) is 0 Å². The number of aromatic carboxylic acids is 1. The third-order valence-electron chi connectivity index (χ3n) is 2.45. The predicted molar refractivity (Wildman–Crippen MR) is 80.6 cm³/mol. The smallest absolute Gasteiger partial charge is 0.354 e. The first kappa shape index (κ1) is 15.6. The van der Waals surface area contributed by atoms with Gasteiger partial charge in [-0.2, -0.15) is 0 Å². The number of nitrogens with zero attached hydrogens (tertiary/aromatic N) is 1. The van der Waals surface area contributed by atoms with Crippen molar-refractivity contribution >= 4 is 52.4 Å². The van der Waals surface area contributed by atoms with Crippen LogP contribution in [-0.2, 0) is 0 Å². The first-order chi connectivity index (χ1) is 9.88. The maximum absolute atomic E-state index is 12.1. The largest absolute Gasteiger partial charge is 0.477 e. The number of carbonyl (C=O) groups is 2. The SMILES string of the molecule is O=C(O)c1cccc(C(=O)Nc2c(Cl)cc(Cl)cc2Cl)n1. The van der Waals surface area contributed by atoms with E-state index in [4.69, 9.17) is 39.9 Å². The Morgan fingerprint density at radius 2 is 1.62 bits per heavy atom. The van der Waals surface area contributed by atoms with Gasteiger partial charge in [0.2, 0.25) is 0 Å². The second-order valence-electron chi connectivity index (χ2n) is 3.91. The van der Waals surface area contributed by atoms with E-state index in [0.29, 0.717) is 5.02 Å². The molecule has 2 rings (SSSR count). The van der Waals surface area contributed by atoms with E-state index in [1.807, 2.05) is 0 Å². The maximum atomic E-state index is 12.1. The van der Waals surface area contributed by atoms with Crippen molar-refractivity contribution < 1.29 is 14.7 Å². The van der Waals surface area contributed by atoms with E-state index in [9.17, 15) is 9.59 Å². The van der Waals surface area contributed by atoms with Gasteiger partial charge >= 0.3 is 5.97 Å². The van der Waals surface area contributed by atoms with Crippen molar-refractivity contribution in [2.45, 2.75) is 0 Å². The molecule has 108 valence electrons. The standard InChI is InChI=1S/C13H7Cl3N2O3/c14-6-4-7(15)11(8(16)5-6)18-12(19)9-2-1-3-10(17-9)13(20)21/h1-5H,(H,18,19)(H,20,21). The summed E-state index contributed by atoms with van der Waals surface area (Å²) < 4.78 is 0. The van der Waals surface area contributed by atoms with Gasteiger partial charge in [-0.3, -0.25) is 4.79 Å². The van der Waals surface area contributed by atoms with Gasteiger partial charge in [0.15, 0.2) is 0 Å². The molecule has 1 aromatic heterocycles. The molecule has 0 saturated carbocycles. The van der Waals surface area contributed by atoms with Gasteiger partial charge in [-0.25, -0.2) is 9.78 Å². The zero-order valence-electron chi connectivity index (χ0n) is 10.2. The predicted octanol–water partition coefficient (Wildman–Crippen LogP) is 3.99. The van der Waals surface area contributed by atoms with E-state index >= 15 is 0 Å². The number of aromatic nitrogens is 1. The number of hydrogen-bond donors (Lipinski definition) is 2. The van der Waals surface area contributed by atoms with Crippen LogP contribution in [0.3, 0.4) is 0 Å². The van der Waals surface area contributed by atoms with E-state index in [1.165, 1.54) is 30.3 Å². The number of rotatable bonds is 3. The van der Waals surface area contributed by atoms with Crippen molar-refractivity contribution in [3.63, 3.8) is 0 Å². The Bertz CT molecular complexity index is 711. The summed E-state index contributed by atoms with van der Waals surface area (Å²) in [5.74, 6) is -1.86. The van der Waals surface area contributed by atoms with Crippen LogP contribution in [0.1, 0.15) is 21.0 Å². The number of halogens is 3. The summed E-state index contributed by atoms with van der Waals surface area (Å²) in [6.07, 6.45) is 0. The van der Waals surface area contributed by atoms with E-state index in [1.54, 1.807) is 0 Å². The summed E-state index contributed by atoms with van der Waals surface area (Å²) in [5.41, 5.74) is -0.136. The number of pyridine rings is 1. The Balaban J connectivity index is 2.30. The average Bonchev–Trinajstić information content (AvgIpc) is 2.42. The van der Waals surface area contributed by atoms with E-state index in [0.717, 1.165) is 0 Å². The first-order valence-corrected chi connectivity index (χ1v) is 6.68. The number of carbonyl (C=O) groups excluding carboxylic acids is 1. The molecule has 0 bridgehead atoms. The molecule has 0 unspecified atom stereocenters. The van der Waals surface area contributed by atoms with Crippen molar-refractivity contribution in [1.82, 2.24) is 4.98 Å². The van der Waals surface area contributed by atoms with Crippen LogP contribution in [0.2, 0.25) is 15.1 Å². The van der Waals surface area contributed by atoms with Gasteiger partial charge < -0.3 is 10.4 Å². The maximum Gasteiger partial charge on any atom is 0.354 e. The van der Waals surface area contributed by atoms with Crippen molar-refractivity contribution in [3.05, 3.63) is 56.8 Å². The average molecular weight is 346 g/mol. The van der Waals surface area contributed by atoms with Crippen LogP contribution in [-0.4, -0.2) is 22.0 Å². The number of anilines is 1. The molecule has 0 aliphatic carbocycles. The fourth-order valence-electron chi connectivity index (χ4n) is 1.52. The lowest BCUT2D eigenvalue weighted by molar-refractivity contribution is 0.0690. The zero-order valence-corrected chi connectivity index (χ0v) is 12.5. The Kier molecular flexibility index (Phi) is 4.67. The Hall–Kier alpha value is -1.82. The molecule has 21 heavy (non-hydrogen) atoms. The molecule has 1 aromatic carbocycles. The molecule has 0 fully saturated rings. The number of amides is 1. The van der Waals surface area contributed by atoms with Gasteiger partial charge in [-0.15, -0.1) is 0 Å². The molecule has 1 heterocycles. The van der Waals surface area contributed by atoms with Crippen molar-refractivity contribution in [2.24, 2.45) is 0 Å². The topological polar surface area (TPSA) is 79.3 Å². The summed E-state index contributed by atoms with van der Waals surface area (Å²) >= 11 is 17.7. The summed E-state index contributed by atoms with van der Waals surface area (Å²) in [4.78, 5) is 26.6. The molecule has 5 nitrogen and oxygen atoms in total. The van der Waals surface area contributed by atoms with Gasteiger partial charge in [0.25, 0.3) is 5.91 Å². The van der Waals surface area contributed by atoms with Crippen LogP contribution in [0.15, 0.2) is 30.3 Å². The lowest BCUT2D eigenvalue weighted by atomic mass is 10.2. The van der Waals surface area contributed by atoms with Crippen LogP contribution in [0.5, 0.6) is 0 Å². The normalized spacial score (nSPS) is 10.2. The number of benzene rings is 1. The fraction of sp³-hybridized carbons (Fsp3) is 0. The molecular weight excluding hydrogens is 339 g/mol. The molecule has 0 aliphatic heterocycles. The van der Waals surface area contributed by atoms with E-state index in [-0.39, 0.29) is 27.1 Å². The van der Waals surface area contributed by atoms with Crippen LogP contribution in [0.4, 0.5) is 5.69 Å². The molecule has 0 radical (unpaired) electrons. The quantitative estimate of drug-likeness (QED) is 0.881. The van der Waals surface area contributed by atoms with E-state index in [2.05, 4.69) is 10.3 Å². The highest BCUT2D eigenvalue weighted by Crippen LogP contribution is 2.33. The number of hydrogen-bond acceptors (Lipinski definition) is 3. The summed E-state index contributed by atoms with van der Waals surface area (Å²) in [6.45, 7) is 0. The van der Waals surface area contributed by atoms with Crippen LogP contribution in [0.25, 0.3) is 0 Å². The Labute approximate surface area is 134 Å². The molecule has 8 heteroatoms. The molecule has 2 N–H and O–H groups in total. The summed E-state index contributed by atoms with van der Waals surface area (Å²) in [6, 6.07) is 6.91. The van der Waals surface area contributed by atoms with Gasteiger partial charge in [0.05, 0.1) is 15.7 Å². The van der Waals surface area contributed by atoms with Gasteiger partial charge in [-0.1, -0.05) is 40.9 Å². The first-order valence-electron chi connectivity index (χ1n) is 5.54. The molecule has 0 saturated heterocycles. The van der Waals surface area contributed by atoms with Gasteiger partial charge in [0.1, 0.15) is 11.4 Å². The van der Waals surface area contributed by atoms with Crippen LogP contribution in [0, 0.1) is 0 Å². The monoisotopic (exact) mass is 344 g/mol. The molecular formula is C13H7Cl3N2O3. The van der Waals surface area contributed by atoms with Crippen molar-refractivity contribution in [2.75, 3.05) is 5.32 Å². The number of carboxylic acids is 1. The van der Waals surface area contributed by atoms with Crippen LogP contribution < -0.4 is 5.32 Å². The number of carboxylic acid groups (broad SMARTS) is 1. The fourth-order valence-corrected chi connectivity index (χ4v) is 2.43. The summed E-state index contributed by atoms with van der Waals surface area (Å²) in [7, 11) is 0. The third-order valence-corrected chi connectivity index (χ3v) is 3.26.